The number of aromatic amines is 1. The van der Waals surface area contributed by atoms with Crippen LogP contribution in [0.15, 0.2) is 41.2 Å². The number of nitrogens with one attached hydrogen (secondary N) is 1. The van der Waals surface area contributed by atoms with E-state index in [9.17, 15) is 4.79 Å². The van der Waals surface area contributed by atoms with E-state index in [0.29, 0.717) is 28.3 Å². The first-order valence-electron chi connectivity index (χ1n) is 7.63. The lowest BCUT2D eigenvalue weighted by Gasteiger charge is -2.08. The van der Waals surface area contributed by atoms with E-state index in [1.165, 1.54) is 0 Å². The van der Waals surface area contributed by atoms with Gasteiger partial charge in [-0.3, -0.25) is 4.79 Å². The van der Waals surface area contributed by atoms with Crippen molar-refractivity contribution in [3.05, 3.63) is 51.6 Å². The van der Waals surface area contributed by atoms with Gasteiger partial charge >= 0.3 is 0 Å². The van der Waals surface area contributed by atoms with Crippen LogP contribution in [0.4, 0.5) is 0 Å². The molecule has 0 aliphatic heterocycles. The van der Waals surface area contributed by atoms with Crippen LogP contribution in [0.5, 0.6) is 5.75 Å². The Bertz CT molecular complexity index is 889. The summed E-state index contributed by atoms with van der Waals surface area (Å²) in [5.41, 5.74) is 1.48. The topological polar surface area (TPSA) is 42.1 Å². The van der Waals surface area contributed by atoms with Gasteiger partial charge in [0.1, 0.15) is 5.75 Å². The fraction of sp³-hybridized carbons (Fsp3) is 0.278. The number of halogens is 2. The number of pyridine rings is 1. The summed E-state index contributed by atoms with van der Waals surface area (Å²) in [6.07, 6.45) is 3.02. The molecule has 0 unspecified atom stereocenters. The number of ether oxygens (including phenoxy) is 1. The predicted molar refractivity (Wildman–Crippen MR) is 97.2 cm³/mol. The molecule has 0 aliphatic rings. The maximum atomic E-state index is 12.5. The predicted octanol–water partition coefficient (Wildman–Crippen LogP) is 5.12. The molecule has 3 aromatic rings. The number of alkyl halides is 1. The number of hydrogen-bond donors (Lipinski definition) is 1. The molecule has 0 atom stereocenters. The second-order valence-corrected chi connectivity index (χ2v) is 6.26. The number of unbranched alkanes of at least 4 members (excludes halogenated alkanes) is 2. The minimum Gasteiger partial charge on any atom is -0.494 e. The average molecular weight is 350 g/mol. The van der Waals surface area contributed by atoms with Gasteiger partial charge in [0, 0.05) is 27.7 Å². The van der Waals surface area contributed by atoms with E-state index < -0.39 is 0 Å². The summed E-state index contributed by atoms with van der Waals surface area (Å²) in [7, 11) is 0. The lowest BCUT2D eigenvalue weighted by Crippen LogP contribution is -2.04. The van der Waals surface area contributed by atoms with Crippen molar-refractivity contribution in [2.24, 2.45) is 0 Å². The Hall–Kier alpha value is -1.71. The monoisotopic (exact) mass is 349 g/mol. The van der Waals surface area contributed by atoms with Gasteiger partial charge < -0.3 is 9.72 Å². The van der Waals surface area contributed by atoms with Crippen LogP contribution in [-0.4, -0.2) is 17.5 Å². The van der Waals surface area contributed by atoms with E-state index in [1.54, 1.807) is 24.3 Å². The van der Waals surface area contributed by atoms with E-state index in [4.69, 9.17) is 27.9 Å². The van der Waals surface area contributed by atoms with Crippen molar-refractivity contribution in [1.29, 1.82) is 0 Å². The van der Waals surface area contributed by atoms with Gasteiger partial charge in [-0.15, -0.1) is 11.6 Å². The van der Waals surface area contributed by atoms with Crippen molar-refractivity contribution in [3.8, 4) is 5.75 Å². The number of fused-ring (bicyclic) bond motifs is 2. The molecule has 1 aromatic heterocycles. The van der Waals surface area contributed by atoms with Gasteiger partial charge in [0.15, 0.2) is 5.43 Å². The van der Waals surface area contributed by atoms with Gasteiger partial charge in [-0.05, 0) is 49.6 Å². The summed E-state index contributed by atoms with van der Waals surface area (Å²) in [4.78, 5) is 15.8. The first-order chi connectivity index (χ1) is 11.2. The first kappa shape index (κ1) is 16.2. The SMILES string of the molecule is O=c1c2ccc(Cl)cc2[nH]c2cc(OCCCCCCl)ccc12. The molecule has 0 radical (unpaired) electrons. The Balaban J connectivity index is 1.90. The summed E-state index contributed by atoms with van der Waals surface area (Å²) >= 11 is 11.7. The van der Waals surface area contributed by atoms with Crippen molar-refractivity contribution in [2.45, 2.75) is 19.3 Å². The molecular weight excluding hydrogens is 333 g/mol. The quantitative estimate of drug-likeness (QED) is 0.381. The highest BCUT2D eigenvalue weighted by molar-refractivity contribution is 6.31. The largest absolute Gasteiger partial charge is 0.494 e. The van der Waals surface area contributed by atoms with Crippen LogP contribution in [-0.2, 0) is 0 Å². The van der Waals surface area contributed by atoms with Crippen LogP contribution < -0.4 is 10.2 Å². The molecule has 0 bridgehead atoms. The third-order valence-corrected chi connectivity index (χ3v) is 4.28. The van der Waals surface area contributed by atoms with Crippen LogP contribution in [0.3, 0.4) is 0 Å². The Morgan fingerprint density at radius 2 is 1.70 bits per heavy atom. The van der Waals surface area contributed by atoms with E-state index in [-0.39, 0.29) is 5.43 Å². The van der Waals surface area contributed by atoms with Crippen LogP contribution in [0.25, 0.3) is 21.8 Å². The Kier molecular flexibility index (Phi) is 5.09. The molecule has 120 valence electrons. The number of rotatable bonds is 6. The molecule has 0 aliphatic carbocycles. The lowest BCUT2D eigenvalue weighted by atomic mass is 10.1. The van der Waals surface area contributed by atoms with Crippen LogP contribution in [0.1, 0.15) is 19.3 Å². The third kappa shape index (κ3) is 3.62. The van der Waals surface area contributed by atoms with E-state index in [1.807, 2.05) is 12.1 Å². The fourth-order valence-electron chi connectivity index (χ4n) is 2.59. The van der Waals surface area contributed by atoms with Gasteiger partial charge in [0.25, 0.3) is 0 Å². The van der Waals surface area contributed by atoms with Crippen LogP contribution in [0, 0.1) is 0 Å². The summed E-state index contributed by atoms with van der Waals surface area (Å²) < 4.78 is 5.75. The summed E-state index contributed by atoms with van der Waals surface area (Å²) in [6, 6.07) is 10.7. The molecule has 2 aromatic carbocycles. The van der Waals surface area contributed by atoms with Crippen LogP contribution >= 0.6 is 23.2 Å². The molecule has 5 heteroatoms. The summed E-state index contributed by atoms with van der Waals surface area (Å²) in [5, 5.41) is 1.88. The Morgan fingerprint density at radius 1 is 0.957 bits per heavy atom. The maximum absolute atomic E-state index is 12.5. The van der Waals surface area contributed by atoms with Crippen molar-refractivity contribution in [1.82, 2.24) is 4.98 Å². The number of H-pyrrole nitrogens is 1. The minimum atomic E-state index is -0.000853. The highest BCUT2D eigenvalue weighted by atomic mass is 35.5. The van der Waals surface area contributed by atoms with Gasteiger partial charge in [-0.25, -0.2) is 0 Å². The zero-order valence-corrected chi connectivity index (χ0v) is 14.1. The molecule has 3 nitrogen and oxygen atoms in total. The normalized spacial score (nSPS) is 11.2. The van der Waals surface area contributed by atoms with Crippen molar-refractivity contribution in [2.75, 3.05) is 12.5 Å². The molecule has 1 N–H and O–H groups in total. The summed E-state index contributed by atoms with van der Waals surface area (Å²) in [6.45, 7) is 0.645. The highest BCUT2D eigenvalue weighted by Gasteiger charge is 2.07. The average Bonchev–Trinajstić information content (AvgIpc) is 2.54. The van der Waals surface area contributed by atoms with Gasteiger partial charge in [-0.1, -0.05) is 11.6 Å². The lowest BCUT2D eigenvalue weighted by molar-refractivity contribution is 0.307. The zero-order chi connectivity index (χ0) is 16.2. The van der Waals surface area contributed by atoms with Crippen molar-refractivity contribution < 1.29 is 4.74 Å². The minimum absolute atomic E-state index is 0.000853. The molecule has 0 saturated carbocycles. The van der Waals surface area contributed by atoms with Crippen molar-refractivity contribution in [3.63, 3.8) is 0 Å². The third-order valence-electron chi connectivity index (χ3n) is 3.78. The summed E-state index contributed by atoms with van der Waals surface area (Å²) in [5.74, 6) is 1.44. The van der Waals surface area contributed by atoms with Gasteiger partial charge in [-0.2, -0.15) is 0 Å². The molecule has 0 amide bonds. The smallest absolute Gasteiger partial charge is 0.197 e. The van der Waals surface area contributed by atoms with Crippen molar-refractivity contribution >= 4 is 45.0 Å². The second-order valence-electron chi connectivity index (χ2n) is 5.45. The molecule has 0 fully saturated rings. The number of hydrogen-bond acceptors (Lipinski definition) is 2. The van der Waals surface area contributed by atoms with Crippen LogP contribution in [0.2, 0.25) is 5.02 Å². The second kappa shape index (κ2) is 7.24. The Labute approximate surface area is 144 Å². The number of aromatic nitrogens is 1. The molecule has 1 heterocycles. The van der Waals surface area contributed by atoms with E-state index in [2.05, 4.69) is 4.98 Å². The zero-order valence-electron chi connectivity index (χ0n) is 12.6. The fourth-order valence-corrected chi connectivity index (χ4v) is 2.95. The van der Waals surface area contributed by atoms with E-state index >= 15 is 0 Å². The van der Waals surface area contributed by atoms with Gasteiger partial charge in [0.05, 0.1) is 17.6 Å². The molecule has 3 rings (SSSR count). The standard InChI is InChI=1S/C18H17Cl2NO2/c19-8-2-1-3-9-23-13-5-7-15-17(11-13)21-16-10-12(20)4-6-14(16)18(15)22/h4-7,10-11H,1-3,8-9H2,(H,21,22). The Morgan fingerprint density at radius 3 is 2.48 bits per heavy atom. The maximum Gasteiger partial charge on any atom is 0.197 e. The highest BCUT2D eigenvalue weighted by Crippen LogP contribution is 2.22. The molecular formula is C18H17Cl2NO2. The molecule has 0 spiro atoms. The van der Waals surface area contributed by atoms with E-state index in [0.717, 1.165) is 36.0 Å². The van der Waals surface area contributed by atoms with Gasteiger partial charge in [0.2, 0.25) is 0 Å². The molecule has 23 heavy (non-hydrogen) atoms. The first-order valence-corrected chi connectivity index (χ1v) is 8.54. The molecule has 0 saturated heterocycles. The number of benzene rings is 2.